The summed E-state index contributed by atoms with van der Waals surface area (Å²) in [4.78, 5) is 2.52. The lowest BCUT2D eigenvalue weighted by Crippen LogP contribution is -2.59. The summed E-state index contributed by atoms with van der Waals surface area (Å²) in [6.07, 6.45) is 10.4. The van der Waals surface area contributed by atoms with Gasteiger partial charge in [-0.2, -0.15) is 0 Å². The smallest absolute Gasteiger partial charge is 0.0354 e. The molecular formula is C15H30N2. The van der Waals surface area contributed by atoms with E-state index in [2.05, 4.69) is 38.5 Å². The average Bonchev–Trinajstić information content (AvgIpc) is 2.36. The topological polar surface area (TPSA) is 29.3 Å². The number of likely N-dealkylation sites (N-methyl/N-ethyl adjacent to an activating group) is 1. The van der Waals surface area contributed by atoms with Crippen LogP contribution in [0.15, 0.2) is 0 Å². The Balaban J connectivity index is 4.73. The van der Waals surface area contributed by atoms with Gasteiger partial charge in [-0.05, 0) is 38.8 Å². The first-order chi connectivity index (χ1) is 8.12. The van der Waals surface area contributed by atoms with Crippen LogP contribution >= 0.6 is 0 Å². The monoisotopic (exact) mass is 238 g/mol. The molecule has 0 amide bonds. The molecule has 0 aromatic heterocycles. The van der Waals surface area contributed by atoms with E-state index in [1.807, 2.05) is 0 Å². The molecule has 0 radical (unpaired) electrons. The third-order valence-corrected chi connectivity index (χ3v) is 4.14. The van der Waals surface area contributed by atoms with Gasteiger partial charge in [-0.1, -0.05) is 27.7 Å². The number of terminal acetylenes is 1. The average molecular weight is 238 g/mol. The van der Waals surface area contributed by atoms with Gasteiger partial charge in [0, 0.05) is 18.0 Å². The SMILES string of the molecule is C#CCCCC(N)C(CC)(CC)N(CC)CC. The van der Waals surface area contributed by atoms with E-state index in [0.29, 0.717) is 0 Å². The Kier molecular flexibility index (Phi) is 8.29. The van der Waals surface area contributed by atoms with Crippen molar-refractivity contribution in [1.29, 1.82) is 0 Å². The van der Waals surface area contributed by atoms with Crippen molar-refractivity contribution in [2.24, 2.45) is 5.73 Å². The van der Waals surface area contributed by atoms with Crippen LogP contribution in [0.25, 0.3) is 0 Å². The van der Waals surface area contributed by atoms with E-state index in [9.17, 15) is 0 Å². The number of hydrogen-bond donors (Lipinski definition) is 1. The van der Waals surface area contributed by atoms with E-state index in [0.717, 1.165) is 45.2 Å². The van der Waals surface area contributed by atoms with Gasteiger partial charge in [0.25, 0.3) is 0 Å². The summed E-state index contributed by atoms with van der Waals surface area (Å²) in [5.41, 5.74) is 6.61. The van der Waals surface area contributed by atoms with Crippen molar-refractivity contribution >= 4 is 0 Å². The van der Waals surface area contributed by atoms with Crippen LogP contribution in [0, 0.1) is 12.3 Å². The number of rotatable bonds is 9. The maximum absolute atomic E-state index is 6.46. The fourth-order valence-electron chi connectivity index (χ4n) is 3.00. The molecule has 17 heavy (non-hydrogen) atoms. The van der Waals surface area contributed by atoms with Gasteiger partial charge < -0.3 is 5.73 Å². The van der Waals surface area contributed by atoms with E-state index >= 15 is 0 Å². The molecule has 0 heterocycles. The third-order valence-electron chi connectivity index (χ3n) is 4.14. The Bertz CT molecular complexity index is 222. The van der Waals surface area contributed by atoms with Crippen LogP contribution < -0.4 is 5.73 Å². The van der Waals surface area contributed by atoms with Gasteiger partial charge in [0.2, 0.25) is 0 Å². The van der Waals surface area contributed by atoms with Crippen molar-refractivity contribution in [3.8, 4) is 12.3 Å². The first-order valence-corrected chi connectivity index (χ1v) is 7.06. The zero-order valence-corrected chi connectivity index (χ0v) is 12.1. The van der Waals surface area contributed by atoms with E-state index in [-0.39, 0.29) is 11.6 Å². The molecule has 0 saturated carbocycles. The molecule has 0 aliphatic heterocycles. The normalized spacial score (nSPS) is 13.7. The quantitative estimate of drug-likeness (QED) is 0.494. The second-order valence-corrected chi connectivity index (χ2v) is 4.69. The maximum atomic E-state index is 6.46. The van der Waals surface area contributed by atoms with Crippen molar-refractivity contribution in [2.75, 3.05) is 13.1 Å². The van der Waals surface area contributed by atoms with Crippen LogP contribution in [0.4, 0.5) is 0 Å². The highest BCUT2D eigenvalue weighted by Crippen LogP contribution is 2.29. The van der Waals surface area contributed by atoms with Gasteiger partial charge in [-0.15, -0.1) is 12.3 Å². The van der Waals surface area contributed by atoms with Crippen LogP contribution in [-0.4, -0.2) is 29.6 Å². The molecule has 0 bridgehead atoms. The van der Waals surface area contributed by atoms with Crippen LogP contribution in [0.5, 0.6) is 0 Å². The number of hydrogen-bond acceptors (Lipinski definition) is 2. The molecule has 2 nitrogen and oxygen atoms in total. The van der Waals surface area contributed by atoms with Gasteiger partial charge >= 0.3 is 0 Å². The van der Waals surface area contributed by atoms with Gasteiger partial charge in [0.15, 0.2) is 0 Å². The molecule has 0 saturated heterocycles. The first kappa shape index (κ1) is 16.5. The molecule has 0 fully saturated rings. The van der Waals surface area contributed by atoms with Gasteiger partial charge in [0.05, 0.1) is 0 Å². The van der Waals surface area contributed by atoms with Gasteiger partial charge in [-0.25, -0.2) is 0 Å². The Morgan fingerprint density at radius 2 is 1.71 bits per heavy atom. The fourth-order valence-corrected chi connectivity index (χ4v) is 3.00. The third kappa shape index (κ3) is 4.01. The summed E-state index contributed by atoms with van der Waals surface area (Å²) in [5.74, 6) is 2.70. The zero-order chi connectivity index (χ0) is 13.3. The van der Waals surface area contributed by atoms with Crippen molar-refractivity contribution in [2.45, 2.75) is 71.4 Å². The fraction of sp³-hybridized carbons (Fsp3) is 0.867. The van der Waals surface area contributed by atoms with Crippen LogP contribution in [0.3, 0.4) is 0 Å². The van der Waals surface area contributed by atoms with Crippen molar-refractivity contribution in [3.05, 3.63) is 0 Å². The van der Waals surface area contributed by atoms with Crippen molar-refractivity contribution in [1.82, 2.24) is 4.90 Å². The van der Waals surface area contributed by atoms with Crippen LogP contribution in [0.1, 0.15) is 59.8 Å². The summed E-state index contributed by atoms with van der Waals surface area (Å²) in [5, 5.41) is 0. The second-order valence-electron chi connectivity index (χ2n) is 4.69. The molecule has 1 unspecified atom stereocenters. The molecule has 2 heteroatoms. The standard InChI is InChI=1S/C15H30N2/c1-6-11-12-13-14(16)15(7-2,8-3)17(9-4)10-5/h1,14H,7-13,16H2,2-5H3. The maximum Gasteiger partial charge on any atom is 0.0354 e. The molecule has 100 valence electrons. The Labute approximate surface area is 108 Å². The van der Waals surface area contributed by atoms with E-state index in [1.54, 1.807) is 0 Å². The minimum Gasteiger partial charge on any atom is -0.326 e. The molecule has 2 N–H and O–H groups in total. The number of unbranched alkanes of at least 4 members (excludes halogenated alkanes) is 1. The highest BCUT2D eigenvalue weighted by atomic mass is 15.2. The minimum absolute atomic E-state index is 0.151. The van der Waals surface area contributed by atoms with Crippen molar-refractivity contribution in [3.63, 3.8) is 0 Å². The summed E-state index contributed by atoms with van der Waals surface area (Å²) in [7, 11) is 0. The Hall–Kier alpha value is -0.520. The summed E-state index contributed by atoms with van der Waals surface area (Å²) >= 11 is 0. The molecule has 0 aromatic rings. The Morgan fingerprint density at radius 1 is 1.18 bits per heavy atom. The van der Waals surface area contributed by atoms with E-state index in [1.165, 1.54) is 0 Å². The molecule has 0 aliphatic rings. The molecule has 0 aliphatic carbocycles. The lowest BCUT2D eigenvalue weighted by atomic mass is 9.80. The van der Waals surface area contributed by atoms with E-state index < -0.39 is 0 Å². The molecule has 0 spiro atoms. The predicted octanol–water partition coefficient (Wildman–Crippen LogP) is 3.02. The molecular weight excluding hydrogens is 208 g/mol. The zero-order valence-electron chi connectivity index (χ0n) is 12.1. The summed E-state index contributed by atoms with van der Waals surface area (Å²) in [6, 6.07) is 0.228. The first-order valence-electron chi connectivity index (χ1n) is 7.06. The summed E-state index contributed by atoms with van der Waals surface area (Å²) in [6.45, 7) is 11.1. The van der Waals surface area contributed by atoms with E-state index in [4.69, 9.17) is 12.2 Å². The second kappa shape index (κ2) is 8.55. The lowest BCUT2D eigenvalue weighted by Gasteiger charge is -2.46. The van der Waals surface area contributed by atoms with Gasteiger partial charge in [0.1, 0.15) is 0 Å². The molecule has 0 aromatic carbocycles. The highest BCUT2D eigenvalue weighted by molar-refractivity contribution is 4.97. The predicted molar refractivity (Wildman–Crippen MR) is 76.9 cm³/mol. The number of nitrogens with zero attached hydrogens (tertiary/aromatic N) is 1. The van der Waals surface area contributed by atoms with Crippen LogP contribution in [0.2, 0.25) is 0 Å². The Morgan fingerprint density at radius 3 is 2.06 bits per heavy atom. The summed E-state index contributed by atoms with van der Waals surface area (Å²) < 4.78 is 0. The molecule has 1 atom stereocenters. The van der Waals surface area contributed by atoms with Crippen molar-refractivity contribution < 1.29 is 0 Å². The minimum atomic E-state index is 0.151. The lowest BCUT2D eigenvalue weighted by molar-refractivity contribution is 0.0594. The molecule has 0 rings (SSSR count). The van der Waals surface area contributed by atoms with Gasteiger partial charge in [-0.3, -0.25) is 4.90 Å². The number of nitrogens with two attached hydrogens (primary N) is 1. The highest BCUT2D eigenvalue weighted by Gasteiger charge is 2.37. The largest absolute Gasteiger partial charge is 0.326 e. The van der Waals surface area contributed by atoms with Crippen LogP contribution in [-0.2, 0) is 0 Å².